The summed E-state index contributed by atoms with van der Waals surface area (Å²) in [7, 11) is 0. The Balaban J connectivity index is 1.61. The molecule has 2 fully saturated rings. The summed E-state index contributed by atoms with van der Waals surface area (Å²) in [5.74, 6) is -2.87. The van der Waals surface area contributed by atoms with Crippen molar-refractivity contribution in [3.63, 3.8) is 0 Å². The summed E-state index contributed by atoms with van der Waals surface area (Å²) in [6.07, 6.45) is 2.75. The molecule has 2 aliphatic heterocycles. The molecular formula is C22H30F2N4O3. The highest BCUT2D eigenvalue weighted by Crippen LogP contribution is 2.25. The lowest BCUT2D eigenvalue weighted by atomic mass is 10.0. The highest BCUT2D eigenvalue weighted by Gasteiger charge is 2.34. The third-order valence-electron chi connectivity index (χ3n) is 5.89. The van der Waals surface area contributed by atoms with E-state index in [-0.39, 0.29) is 48.6 Å². The predicted octanol–water partition coefficient (Wildman–Crippen LogP) is 2.11. The van der Waals surface area contributed by atoms with Crippen molar-refractivity contribution >= 4 is 17.7 Å². The molecule has 3 rings (SSSR count). The minimum atomic E-state index is -0.983. The first-order chi connectivity index (χ1) is 14.8. The van der Waals surface area contributed by atoms with Crippen LogP contribution >= 0.6 is 0 Å². The number of hydrogen-bond donors (Lipinski definition) is 2. The maximum absolute atomic E-state index is 14.0. The molecule has 0 spiro atoms. The van der Waals surface area contributed by atoms with Crippen LogP contribution in [0.15, 0.2) is 18.2 Å². The van der Waals surface area contributed by atoms with Crippen molar-refractivity contribution in [2.24, 2.45) is 5.92 Å². The van der Waals surface area contributed by atoms with Gasteiger partial charge < -0.3 is 10.2 Å². The predicted molar refractivity (Wildman–Crippen MR) is 110 cm³/mol. The lowest BCUT2D eigenvalue weighted by molar-refractivity contribution is -0.134. The summed E-state index contributed by atoms with van der Waals surface area (Å²) in [4.78, 5) is 39.1. The zero-order chi connectivity index (χ0) is 22.5. The van der Waals surface area contributed by atoms with Gasteiger partial charge in [0.1, 0.15) is 6.04 Å². The van der Waals surface area contributed by atoms with Gasteiger partial charge in [0.15, 0.2) is 11.6 Å². The molecule has 1 unspecified atom stereocenters. The minimum Gasteiger partial charge on any atom is -0.344 e. The zero-order valence-corrected chi connectivity index (χ0v) is 18.0. The number of carbonyl (C=O) groups excluding carboxylic acids is 3. The molecule has 3 amide bonds. The van der Waals surface area contributed by atoms with E-state index in [1.807, 2.05) is 18.9 Å². The molecule has 2 N–H and O–H groups in total. The lowest BCUT2D eigenvalue weighted by Gasteiger charge is -2.28. The lowest BCUT2D eigenvalue weighted by Crippen LogP contribution is -2.54. The molecule has 31 heavy (non-hydrogen) atoms. The molecule has 2 aliphatic rings. The largest absolute Gasteiger partial charge is 0.344 e. The van der Waals surface area contributed by atoms with Gasteiger partial charge in [-0.25, -0.2) is 13.8 Å². The van der Waals surface area contributed by atoms with Gasteiger partial charge in [-0.15, -0.1) is 0 Å². The van der Waals surface area contributed by atoms with Crippen molar-refractivity contribution < 1.29 is 23.2 Å². The van der Waals surface area contributed by atoms with E-state index in [0.717, 1.165) is 32.0 Å². The van der Waals surface area contributed by atoms with Gasteiger partial charge >= 0.3 is 0 Å². The van der Waals surface area contributed by atoms with E-state index in [1.54, 1.807) is 0 Å². The summed E-state index contributed by atoms with van der Waals surface area (Å²) in [5.41, 5.74) is 2.93. The Kier molecular flexibility index (Phi) is 7.59. The standard InChI is InChI=1S/C22H30F2N4O3/c1-14(2)21(22(31)26-27-10-3-4-11-27)25-18(29)12-16-8-9-19(30)28(16)13-15-6-5-7-17(23)20(15)24/h5-7,14,16,21H,3-4,8-13H2,1-2H3,(H,25,29)(H,26,31)/t16-,21?/m0/s1. The molecule has 2 atom stereocenters. The summed E-state index contributed by atoms with van der Waals surface area (Å²) in [6, 6.07) is 2.72. The highest BCUT2D eigenvalue weighted by atomic mass is 19.2. The van der Waals surface area contributed by atoms with Gasteiger partial charge in [-0.1, -0.05) is 26.0 Å². The average Bonchev–Trinajstić information content (AvgIpc) is 3.34. The van der Waals surface area contributed by atoms with E-state index < -0.39 is 23.7 Å². The Labute approximate surface area is 181 Å². The van der Waals surface area contributed by atoms with E-state index in [9.17, 15) is 23.2 Å². The van der Waals surface area contributed by atoms with E-state index >= 15 is 0 Å². The fraction of sp³-hybridized carbons (Fsp3) is 0.591. The fourth-order valence-corrected chi connectivity index (χ4v) is 4.11. The van der Waals surface area contributed by atoms with Gasteiger partial charge in [-0.05, 0) is 31.2 Å². The average molecular weight is 437 g/mol. The molecule has 0 aromatic heterocycles. The number of rotatable bonds is 8. The topological polar surface area (TPSA) is 81.8 Å². The molecule has 9 heteroatoms. The first kappa shape index (κ1) is 23.1. The molecule has 170 valence electrons. The van der Waals surface area contributed by atoms with Crippen LogP contribution < -0.4 is 10.7 Å². The van der Waals surface area contributed by atoms with Crippen molar-refractivity contribution in [2.45, 2.75) is 64.6 Å². The SMILES string of the molecule is CC(C)C(NC(=O)C[C@@H]1CCC(=O)N1Cc1cccc(F)c1F)C(=O)NN1CCCC1. The Bertz CT molecular complexity index is 827. The molecule has 0 saturated carbocycles. The minimum absolute atomic E-state index is 0.00287. The van der Waals surface area contributed by atoms with Crippen molar-refractivity contribution in [2.75, 3.05) is 13.1 Å². The Hall–Kier alpha value is -2.55. The van der Waals surface area contributed by atoms with Crippen LogP contribution in [-0.4, -0.2) is 52.8 Å². The second kappa shape index (κ2) is 10.2. The monoisotopic (exact) mass is 436 g/mol. The zero-order valence-electron chi connectivity index (χ0n) is 18.0. The summed E-state index contributed by atoms with van der Waals surface area (Å²) >= 11 is 0. The van der Waals surface area contributed by atoms with Crippen LogP contribution in [0.3, 0.4) is 0 Å². The normalized spacial score (nSPS) is 20.4. The molecular weight excluding hydrogens is 406 g/mol. The number of nitrogens with one attached hydrogen (secondary N) is 2. The van der Waals surface area contributed by atoms with Crippen LogP contribution in [0, 0.1) is 17.6 Å². The third kappa shape index (κ3) is 5.78. The van der Waals surface area contributed by atoms with Crippen LogP contribution in [0.4, 0.5) is 8.78 Å². The van der Waals surface area contributed by atoms with E-state index in [2.05, 4.69) is 10.7 Å². The van der Waals surface area contributed by atoms with Gasteiger partial charge in [0.05, 0.1) is 0 Å². The quantitative estimate of drug-likeness (QED) is 0.654. The number of halogens is 2. The molecule has 1 aromatic rings. The number of carbonyl (C=O) groups is 3. The number of benzene rings is 1. The van der Waals surface area contributed by atoms with Crippen LogP contribution in [0.25, 0.3) is 0 Å². The summed E-state index contributed by atoms with van der Waals surface area (Å²) < 4.78 is 27.6. The van der Waals surface area contributed by atoms with Gasteiger partial charge in [0, 0.05) is 44.1 Å². The van der Waals surface area contributed by atoms with Crippen molar-refractivity contribution in [1.29, 1.82) is 0 Å². The van der Waals surface area contributed by atoms with Crippen LogP contribution in [0.1, 0.15) is 51.5 Å². The number of hydrazine groups is 1. The van der Waals surface area contributed by atoms with Gasteiger partial charge in [-0.2, -0.15) is 0 Å². The number of amides is 3. The molecule has 2 saturated heterocycles. The smallest absolute Gasteiger partial charge is 0.257 e. The number of likely N-dealkylation sites (tertiary alicyclic amines) is 1. The van der Waals surface area contributed by atoms with Gasteiger partial charge in [-0.3, -0.25) is 19.8 Å². The summed E-state index contributed by atoms with van der Waals surface area (Å²) in [5, 5.41) is 4.64. The van der Waals surface area contributed by atoms with Crippen molar-refractivity contribution in [3.05, 3.63) is 35.4 Å². The first-order valence-electron chi connectivity index (χ1n) is 10.8. The first-order valence-corrected chi connectivity index (χ1v) is 10.8. The third-order valence-corrected chi connectivity index (χ3v) is 5.89. The molecule has 0 bridgehead atoms. The molecule has 7 nitrogen and oxygen atoms in total. The number of nitrogens with zero attached hydrogens (tertiary/aromatic N) is 2. The maximum Gasteiger partial charge on any atom is 0.257 e. The molecule has 1 aromatic carbocycles. The molecule has 2 heterocycles. The molecule has 0 radical (unpaired) electrons. The van der Waals surface area contributed by atoms with E-state index in [0.29, 0.717) is 6.42 Å². The van der Waals surface area contributed by atoms with Gasteiger partial charge in [0.25, 0.3) is 5.91 Å². The van der Waals surface area contributed by atoms with Crippen molar-refractivity contribution in [3.8, 4) is 0 Å². The Morgan fingerprint density at radius 2 is 1.90 bits per heavy atom. The second-order valence-electron chi connectivity index (χ2n) is 8.59. The Morgan fingerprint density at radius 1 is 1.19 bits per heavy atom. The Morgan fingerprint density at radius 3 is 2.58 bits per heavy atom. The molecule has 0 aliphatic carbocycles. The van der Waals surface area contributed by atoms with Crippen LogP contribution in [-0.2, 0) is 20.9 Å². The maximum atomic E-state index is 14.0. The second-order valence-corrected chi connectivity index (χ2v) is 8.59. The highest BCUT2D eigenvalue weighted by molar-refractivity contribution is 5.88. The van der Waals surface area contributed by atoms with E-state index in [1.165, 1.54) is 17.0 Å². The van der Waals surface area contributed by atoms with Crippen LogP contribution in [0.5, 0.6) is 0 Å². The fourth-order valence-electron chi connectivity index (χ4n) is 4.11. The summed E-state index contributed by atoms with van der Waals surface area (Å²) in [6.45, 7) is 5.20. The van der Waals surface area contributed by atoms with E-state index in [4.69, 9.17) is 0 Å². The van der Waals surface area contributed by atoms with Crippen molar-refractivity contribution in [1.82, 2.24) is 20.7 Å². The van der Waals surface area contributed by atoms with Crippen LogP contribution in [0.2, 0.25) is 0 Å². The number of hydrogen-bond acceptors (Lipinski definition) is 4. The van der Waals surface area contributed by atoms with Gasteiger partial charge in [0.2, 0.25) is 11.8 Å².